The van der Waals surface area contributed by atoms with E-state index in [1.165, 1.54) is 12.8 Å². The van der Waals surface area contributed by atoms with E-state index in [2.05, 4.69) is 11.0 Å². The Hall–Kier alpha value is -1.33. The van der Waals surface area contributed by atoms with Gasteiger partial charge < -0.3 is 14.4 Å². The molecule has 23 heavy (non-hydrogen) atoms. The number of aliphatic hydroxyl groups is 1. The van der Waals surface area contributed by atoms with Crippen molar-refractivity contribution in [3.63, 3.8) is 0 Å². The van der Waals surface area contributed by atoms with Gasteiger partial charge in [0.2, 0.25) is 5.91 Å². The Kier molecular flexibility index (Phi) is 5.38. The quantitative estimate of drug-likeness (QED) is 0.905. The van der Waals surface area contributed by atoms with E-state index in [1.54, 1.807) is 4.90 Å². The van der Waals surface area contributed by atoms with Crippen molar-refractivity contribution < 1.29 is 14.3 Å². The third-order valence-electron chi connectivity index (χ3n) is 5.00. The van der Waals surface area contributed by atoms with Gasteiger partial charge >= 0.3 is 0 Å². The molecule has 2 aliphatic heterocycles. The van der Waals surface area contributed by atoms with Crippen LogP contribution in [0.25, 0.3) is 0 Å². The summed E-state index contributed by atoms with van der Waals surface area (Å²) in [5.74, 6) is 2.12. The van der Waals surface area contributed by atoms with Crippen LogP contribution in [0, 0.1) is 6.92 Å². The summed E-state index contributed by atoms with van der Waals surface area (Å²) in [6.07, 6.45) is 5.71. The summed E-state index contributed by atoms with van der Waals surface area (Å²) in [6, 6.07) is 4.32. The summed E-state index contributed by atoms with van der Waals surface area (Å²) in [6.45, 7) is 4.80. The average molecular weight is 320 g/mol. The summed E-state index contributed by atoms with van der Waals surface area (Å²) in [5.41, 5.74) is 0. The first-order chi connectivity index (χ1) is 11.1. The van der Waals surface area contributed by atoms with Crippen molar-refractivity contribution in [1.29, 1.82) is 0 Å². The fraction of sp³-hybridized carbons (Fsp3) is 0.722. The van der Waals surface area contributed by atoms with Crippen LogP contribution in [0.4, 0.5) is 0 Å². The lowest BCUT2D eigenvalue weighted by molar-refractivity contribution is -0.129. The number of amides is 1. The second kappa shape index (κ2) is 7.49. The minimum Gasteiger partial charge on any atom is -0.465 e. The molecule has 1 N–H and O–H groups in total. The van der Waals surface area contributed by atoms with Crippen molar-refractivity contribution in [2.75, 3.05) is 26.2 Å². The van der Waals surface area contributed by atoms with Crippen molar-refractivity contribution in [1.82, 2.24) is 9.80 Å². The Morgan fingerprint density at radius 3 is 2.78 bits per heavy atom. The zero-order chi connectivity index (χ0) is 16.2. The molecule has 2 unspecified atom stereocenters. The third kappa shape index (κ3) is 4.15. The van der Waals surface area contributed by atoms with Crippen molar-refractivity contribution in [3.05, 3.63) is 23.7 Å². The highest BCUT2D eigenvalue weighted by Gasteiger charge is 2.29. The minimum atomic E-state index is -0.492. The third-order valence-corrected chi connectivity index (χ3v) is 5.00. The van der Waals surface area contributed by atoms with Crippen molar-refractivity contribution in [2.45, 2.75) is 57.6 Å². The summed E-state index contributed by atoms with van der Waals surface area (Å²) in [7, 11) is 0. The number of furan rings is 1. The lowest BCUT2D eigenvalue weighted by Crippen LogP contribution is -2.42. The number of rotatable bonds is 5. The van der Waals surface area contributed by atoms with Gasteiger partial charge in [-0.05, 0) is 44.9 Å². The highest BCUT2D eigenvalue weighted by atomic mass is 16.3. The van der Waals surface area contributed by atoms with E-state index in [0.717, 1.165) is 43.9 Å². The van der Waals surface area contributed by atoms with Gasteiger partial charge in [0.05, 0.1) is 12.1 Å². The molecular weight excluding hydrogens is 292 g/mol. The molecule has 3 heterocycles. The fourth-order valence-electron chi connectivity index (χ4n) is 3.82. The zero-order valence-corrected chi connectivity index (χ0v) is 14.0. The second-order valence-electron chi connectivity index (χ2n) is 6.91. The first kappa shape index (κ1) is 16.5. The van der Waals surface area contributed by atoms with Crippen LogP contribution in [0.1, 0.15) is 56.1 Å². The first-order valence-corrected chi connectivity index (χ1v) is 8.89. The molecule has 0 aromatic carbocycles. The van der Waals surface area contributed by atoms with Crippen LogP contribution in [-0.2, 0) is 4.79 Å². The SMILES string of the molecule is Cc1ccc(C2CCCCCN2CC(O)CN2CCCC2=O)o1. The van der Waals surface area contributed by atoms with Crippen LogP contribution in [-0.4, -0.2) is 53.1 Å². The van der Waals surface area contributed by atoms with Crippen LogP contribution in [0.3, 0.4) is 0 Å². The summed E-state index contributed by atoms with van der Waals surface area (Å²) in [5, 5.41) is 10.5. The molecule has 0 saturated carbocycles. The Morgan fingerprint density at radius 1 is 1.22 bits per heavy atom. The summed E-state index contributed by atoms with van der Waals surface area (Å²) >= 11 is 0. The van der Waals surface area contributed by atoms with Crippen LogP contribution in [0.5, 0.6) is 0 Å². The number of aryl methyl sites for hydroxylation is 1. The van der Waals surface area contributed by atoms with Gasteiger partial charge in [-0.25, -0.2) is 0 Å². The Balaban J connectivity index is 1.63. The Labute approximate surface area is 138 Å². The van der Waals surface area contributed by atoms with Crippen molar-refractivity contribution >= 4 is 5.91 Å². The normalized spacial score (nSPS) is 24.9. The predicted molar refractivity (Wildman–Crippen MR) is 88.0 cm³/mol. The van der Waals surface area contributed by atoms with E-state index < -0.39 is 6.10 Å². The molecule has 1 aromatic heterocycles. The van der Waals surface area contributed by atoms with E-state index in [-0.39, 0.29) is 11.9 Å². The molecule has 2 saturated heterocycles. The number of likely N-dealkylation sites (tertiary alicyclic amines) is 2. The maximum atomic E-state index is 11.7. The van der Waals surface area contributed by atoms with E-state index in [4.69, 9.17) is 4.42 Å². The number of β-amino-alcohol motifs (C(OH)–C–C–N with tert-alkyl or cyclic N) is 1. The van der Waals surface area contributed by atoms with Gasteiger partial charge in [-0.1, -0.05) is 12.8 Å². The maximum absolute atomic E-state index is 11.7. The summed E-state index contributed by atoms with van der Waals surface area (Å²) < 4.78 is 5.85. The Bertz CT molecular complexity index is 528. The van der Waals surface area contributed by atoms with Crippen LogP contribution >= 0.6 is 0 Å². The molecule has 2 fully saturated rings. The molecule has 3 rings (SSSR count). The van der Waals surface area contributed by atoms with Gasteiger partial charge in [0, 0.05) is 26.1 Å². The molecule has 1 amide bonds. The minimum absolute atomic E-state index is 0.179. The average Bonchev–Trinajstić information content (AvgIpc) is 3.04. The molecule has 2 atom stereocenters. The number of hydrogen-bond donors (Lipinski definition) is 1. The number of nitrogens with zero attached hydrogens (tertiary/aromatic N) is 2. The molecule has 0 spiro atoms. The van der Waals surface area contributed by atoms with Gasteiger partial charge in [0.15, 0.2) is 0 Å². The fourth-order valence-corrected chi connectivity index (χ4v) is 3.82. The Morgan fingerprint density at radius 2 is 2.09 bits per heavy atom. The summed E-state index contributed by atoms with van der Waals surface area (Å²) in [4.78, 5) is 15.9. The molecule has 128 valence electrons. The van der Waals surface area contributed by atoms with Crippen molar-refractivity contribution in [3.8, 4) is 0 Å². The van der Waals surface area contributed by atoms with Crippen LogP contribution < -0.4 is 0 Å². The molecule has 1 aromatic rings. The van der Waals surface area contributed by atoms with Crippen LogP contribution in [0.2, 0.25) is 0 Å². The molecule has 5 nitrogen and oxygen atoms in total. The number of hydrogen-bond acceptors (Lipinski definition) is 4. The van der Waals surface area contributed by atoms with Gasteiger partial charge in [-0.2, -0.15) is 0 Å². The zero-order valence-electron chi connectivity index (χ0n) is 14.0. The number of aliphatic hydroxyl groups excluding tert-OH is 1. The van der Waals surface area contributed by atoms with E-state index >= 15 is 0 Å². The molecule has 0 radical (unpaired) electrons. The second-order valence-corrected chi connectivity index (χ2v) is 6.91. The highest BCUT2D eigenvalue weighted by molar-refractivity contribution is 5.78. The monoisotopic (exact) mass is 320 g/mol. The smallest absolute Gasteiger partial charge is 0.222 e. The van der Waals surface area contributed by atoms with Gasteiger partial charge in [0.1, 0.15) is 11.5 Å². The van der Waals surface area contributed by atoms with E-state index in [0.29, 0.717) is 19.5 Å². The van der Waals surface area contributed by atoms with E-state index in [9.17, 15) is 9.90 Å². The number of carbonyl (C=O) groups excluding carboxylic acids is 1. The van der Waals surface area contributed by atoms with Gasteiger partial charge in [-0.3, -0.25) is 9.69 Å². The van der Waals surface area contributed by atoms with Gasteiger partial charge in [0.25, 0.3) is 0 Å². The van der Waals surface area contributed by atoms with Crippen molar-refractivity contribution in [2.24, 2.45) is 0 Å². The predicted octanol–water partition coefficient (Wildman–Crippen LogP) is 2.49. The van der Waals surface area contributed by atoms with E-state index in [1.807, 2.05) is 13.0 Å². The lowest BCUT2D eigenvalue weighted by atomic mass is 10.1. The molecule has 2 aliphatic rings. The largest absolute Gasteiger partial charge is 0.465 e. The number of carbonyl (C=O) groups is 1. The van der Waals surface area contributed by atoms with Gasteiger partial charge in [-0.15, -0.1) is 0 Å². The topological polar surface area (TPSA) is 56.9 Å². The molecule has 5 heteroatoms. The lowest BCUT2D eigenvalue weighted by Gasteiger charge is -2.31. The van der Waals surface area contributed by atoms with Crippen LogP contribution in [0.15, 0.2) is 16.5 Å². The molecule has 0 bridgehead atoms. The standard InChI is InChI=1S/C18H28N2O3/c1-14-8-9-17(23-14)16-6-3-2-4-10-19(16)12-15(21)13-20-11-5-7-18(20)22/h8-9,15-16,21H,2-7,10-13H2,1H3. The molecular formula is C18H28N2O3. The highest BCUT2D eigenvalue weighted by Crippen LogP contribution is 2.31. The first-order valence-electron chi connectivity index (χ1n) is 8.89. The maximum Gasteiger partial charge on any atom is 0.222 e. The molecule has 0 aliphatic carbocycles.